The van der Waals surface area contributed by atoms with Crippen molar-refractivity contribution in [2.24, 2.45) is 0 Å². The Labute approximate surface area is 162 Å². The number of carbonyl (C=O) groups is 2. The van der Waals surface area contributed by atoms with Crippen LogP contribution in [0.2, 0.25) is 0 Å². The van der Waals surface area contributed by atoms with E-state index in [1.54, 1.807) is 12.3 Å². The highest BCUT2D eigenvalue weighted by Crippen LogP contribution is 2.14. The minimum absolute atomic E-state index is 0.0192. The molecule has 1 saturated heterocycles. The number of benzene rings is 1. The second-order valence-electron chi connectivity index (χ2n) is 6.76. The molecule has 0 atom stereocenters. The first-order valence-corrected chi connectivity index (χ1v) is 9.82. The maximum Gasteiger partial charge on any atom is 0.307 e. The number of aromatic nitrogens is 1. The number of piperazine rings is 1. The molecular weight excluding hydrogens is 364 g/mol. The molecule has 27 heavy (non-hydrogen) atoms. The summed E-state index contributed by atoms with van der Waals surface area (Å²) in [5.74, 6) is -0.0925. The number of hydrogen-bond acceptors (Lipinski definition) is 5. The molecule has 144 valence electrons. The van der Waals surface area contributed by atoms with E-state index in [4.69, 9.17) is 0 Å². The van der Waals surface area contributed by atoms with Crippen molar-refractivity contribution >= 4 is 28.8 Å². The normalized spacial score (nSPS) is 15.0. The van der Waals surface area contributed by atoms with Gasteiger partial charge in [0.25, 0.3) is 0 Å². The summed E-state index contributed by atoms with van der Waals surface area (Å²) >= 11 is 1.10. The molecule has 0 radical (unpaired) electrons. The number of anilines is 1. The van der Waals surface area contributed by atoms with Crippen LogP contribution in [0, 0.1) is 6.92 Å². The third-order valence-electron chi connectivity index (χ3n) is 4.71. The second kappa shape index (κ2) is 8.49. The van der Waals surface area contributed by atoms with E-state index in [1.807, 2.05) is 36.1 Å². The van der Waals surface area contributed by atoms with Crippen molar-refractivity contribution in [3.63, 3.8) is 0 Å². The molecule has 3 rings (SSSR count). The lowest BCUT2D eigenvalue weighted by atomic mass is 10.1. The number of rotatable bonds is 5. The average molecular weight is 388 g/mol. The summed E-state index contributed by atoms with van der Waals surface area (Å²) < 4.78 is 1.47. The van der Waals surface area contributed by atoms with Crippen LogP contribution in [0.5, 0.6) is 0 Å². The van der Waals surface area contributed by atoms with Crippen molar-refractivity contribution in [2.75, 3.05) is 31.5 Å². The Hall–Kier alpha value is -2.45. The Bertz CT molecular complexity index is 881. The average Bonchev–Trinajstić information content (AvgIpc) is 2.94. The van der Waals surface area contributed by atoms with Gasteiger partial charge in [0.05, 0.1) is 0 Å². The Morgan fingerprint density at radius 2 is 1.93 bits per heavy atom. The van der Waals surface area contributed by atoms with Crippen molar-refractivity contribution in [3.05, 3.63) is 50.6 Å². The molecule has 8 heteroatoms. The fourth-order valence-electron chi connectivity index (χ4n) is 3.17. The maximum atomic E-state index is 12.3. The van der Waals surface area contributed by atoms with Crippen LogP contribution in [0.3, 0.4) is 0 Å². The minimum Gasteiger partial charge on any atom is -0.340 e. The van der Waals surface area contributed by atoms with Crippen molar-refractivity contribution in [1.29, 1.82) is 0 Å². The number of thiazole rings is 1. The lowest BCUT2D eigenvalue weighted by Crippen LogP contribution is -2.47. The van der Waals surface area contributed by atoms with Gasteiger partial charge in [-0.3, -0.25) is 23.9 Å². The number of amides is 2. The highest BCUT2D eigenvalue weighted by Gasteiger charge is 2.18. The van der Waals surface area contributed by atoms with Crippen LogP contribution in [0.1, 0.15) is 18.2 Å². The molecule has 2 amide bonds. The molecule has 1 aromatic carbocycles. The van der Waals surface area contributed by atoms with Crippen molar-refractivity contribution < 1.29 is 9.59 Å². The molecular formula is C19H24N4O3S. The summed E-state index contributed by atoms with van der Waals surface area (Å²) in [6.45, 7) is 7.41. The van der Waals surface area contributed by atoms with Crippen LogP contribution >= 0.6 is 11.3 Å². The van der Waals surface area contributed by atoms with Crippen molar-refractivity contribution in [3.8, 4) is 0 Å². The summed E-state index contributed by atoms with van der Waals surface area (Å²) in [5.41, 5.74) is 2.62. The number of nitrogens with one attached hydrogen (secondary N) is 1. The Morgan fingerprint density at radius 3 is 2.56 bits per heavy atom. The third kappa shape index (κ3) is 5.05. The standard InChI is InChI=1S/C19H24N4O3S/c1-14-13-27-19(26)23(14)12-18(25)20-17-5-3-4-16(10-17)11-21-6-8-22(9-7-21)15(2)24/h3-5,10,13H,6-9,11-12H2,1-2H3,(H,20,25). The molecule has 1 aliphatic rings. The molecule has 2 aromatic rings. The lowest BCUT2D eigenvalue weighted by molar-refractivity contribution is -0.130. The van der Waals surface area contributed by atoms with Gasteiger partial charge in [-0.15, -0.1) is 0 Å². The van der Waals surface area contributed by atoms with E-state index < -0.39 is 0 Å². The first kappa shape index (κ1) is 19.3. The van der Waals surface area contributed by atoms with Gasteiger partial charge in [-0.1, -0.05) is 23.5 Å². The SMILES string of the molecule is CC(=O)N1CCN(Cc2cccc(NC(=O)Cn3c(C)csc3=O)c2)CC1. The van der Waals surface area contributed by atoms with Gasteiger partial charge in [-0.05, 0) is 24.6 Å². The van der Waals surface area contributed by atoms with E-state index in [0.717, 1.165) is 61.0 Å². The molecule has 1 aromatic heterocycles. The molecule has 0 unspecified atom stereocenters. The molecule has 1 fully saturated rings. The number of carbonyl (C=O) groups excluding carboxylic acids is 2. The third-order valence-corrected chi connectivity index (χ3v) is 5.59. The zero-order valence-corrected chi connectivity index (χ0v) is 16.4. The quantitative estimate of drug-likeness (QED) is 0.843. The second-order valence-corrected chi connectivity index (χ2v) is 7.58. The molecule has 7 nitrogen and oxygen atoms in total. The molecule has 0 spiro atoms. The van der Waals surface area contributed by atoms with Crippen LogP contribution < -0.4 is 10.2 Å². The topological polar surface area (TPSA) is 74.7 Å². The Balaban J connectivity index is 1.57. The monoisotopic (exact) mass is 388 g/mol. The van der Waals surface area contributed by atoms with Gasteiger partial charge in [0, 0.05) is 56.4 Å². The maximum absolute atomic E-state index is 12.3. The number of aryl methyl sites for hydroxylation is 1. The van der Waals surface area contributed by atoms with Crippen LogP contribution in [-0.4, -0.2) is 52.4 Å². The predicted octanol–water partition coefficient (Wildman–Crippen LogP) is 1.52. The lowest BCUT2D eigenvalue weighted by Gasteiger charge is -2.34. The van der Waals surface area contributed by atoms with E-state index >= 15 is 0 Å². The van der Waals surface area contributed by atoms with Crippen LogP contribution in [-0.2, 0) is 22.7 Å². The van der Waals surface area contributed by atoms with E-state index in [2.05, 4.69) is 10.2 Å². The summed E-state index contributed by atoms with van der Waals surface area (Å²) in [7, 11) is 0. The van der Waals surface area contributed by atoms with Gasteiger partial charge < -0.3 is 10.2 Å². The molecule has 0 aliphatic carbocycles. The summed E-state index contributed by atoms with van der Waals surface area (Å²) in [6, 6.07) is 7.75. The fourth-order valence-corrected chi connectivity index (χ4v) is 3.90. The molecule has 0 bridgehead atoms. The van der Waals surface area contributed by atoms with E-state index in [0.29, 0.717) is 0 Å². The number of hydrogen-bond donors (Lipinski definition) is 1. The van der Waals surface area contributed by atoms with Gasteiger partial charge in [0.2, 0.25) is 11.8 Å². The Kier molecular flexibility index (Phi) is 6.08. The van der Waals surface area contributed by atoms with Gasteiger partial charge in [-0.25, -0.2) is 0 Å². The van der Waals surface area contributed by atoms with E-state index in [1.165, 1.54) is 4.57 Å². The van der Waals surface area contributed by atoms with Crippen LogP contribution in [0.15, 0.2) is 34.4 Å². The van der Waals surface area contributed by atoms with Gasteiger partial charge in [0.1, 0.15) is 6.54 Å². The van der Waals surface area contributed by atoms with Crippen molar-refractivity contribution in [1.82, 2.24) is 14.4 Å². The van der Waals surface area contributed by atoms with E-state index in [9.17, 15) is 14.4 Å². The zero-order chi connectivity index (χ0) is 19.4. The van der Waals surface area contributed by atoms with Crippen LogP contribution in [0.25, 0.3) is 0 Å². The van der Waals surface area contributed by atoms with Crippen molar-refractivity contribution in [2.45, 2.75) is 26.9 Å². The highest BCUT2D eigenvalue weighted by molar-refractivity contribution is 7.07. The number of nitrogens with zero attached hydrogens (tertiary/aromatic N) is 3. The summed E-state index contributed by atoms with van der Waals surface area (Å²) in [4.78, 5) is 39.5. The molecule has 1 N–H and O–H groups in total. The first-order chi connectivity index (χ1) is 12.9. The smallest absolute Gasteiger partial charge is 0.307 e. The zero-order valence-electron chi connectivity index (χ0n) is 15.6. The largest absolute Gasteiger partial charge is 0.340 e. The van der Waals surface area contributed by atoms with E-state index in [-0.39, 0.29) is 23.2 Å². The minimum atomic E-state index is -0.217. The molecule has 1 aliphatic heterocycles. The highest BCUT2D eigenvalue weighted by atomic mass is 32.1. The van der Waals surface area contributed by atoms with Gasteiger partial charge in [0.15, 0.2) is 0 Å². The van der Waals surface area contributed by atoms with Gasteiger partial charge >= 0.3 is 4.87 Å². The van der Waals surface area contributed by atoms with Crippen LogP contribution in [0.4, 0.5) is 5.69 Å². The van der Waals surface area contributed by atoms with Gasteiger partial charge in [-0.2, -0.15) is 0 Å². The molecule has 2 heterocycles. The fraction of sp³-hybridized carbons (Fsp3) is 0.421. The molecule has 0 saturated carbocycles. The summed E-state index contributed by atoms with van der Waals surface area (Å²) in [6.07, 6.45) is 0. The first-order valence-electron chi connectivity index (χ1n) is 8.94. The predicted molar refractivity (Wildman–Crippen MR) is 106 cm³/mol. The Morgan fingerprint density at radius 1 is 1.19 bits per heavy atom. The summed E-state index contributed by atoms with van der Waals surface area (Å²) in [5, 5.41) is 4.62.